The van der Waals surface area contributed by atoms with Crippen molar-refractivity contribution in [2.45, 2.75) is 6.54 Å². The van der Waals surface area contributed by atoms with Crippen molar-refractivity contribution in [3.05, 3.63) is 76.1 Å². The van der Waals surface area contributed by atoms with Gasteiger partial charge < -0.3 is 9.84 Å². The van der Waals surface area contributed by atoms with Gasteiger partial charge in [0.25, 0.3) is 5.91 Å². The lowest BCUT2D eigenvalue weighted by atomic mass is 10.1. The molecule has 1 aromatic heterocycles. The molecule has 0 spiro atoms. The van der Waals surface area contributed by atoms with Crippen molar-refractivity contribution in [2.24, 2.45) is 0 Å². The number of benzene rings is 2. The lowest BCUT2D eigenvalue weighted by Gasteiger charge is -2.02. The van der Waals surface area contributed by atoms with Gasteiger partial charge in [0.2, 0.25) is 0 Å². The van der Waals surface area contributed by atoms with Crippen LogP contribution in [0.5, 0.6) is 0 Å². The molecule has 116 valence electrons. The van der Waals surface area contributed by atoms with Gasteiger partial charge in [0, 0.05) is 21.7 Å². The second-order valence-electron chi connectivity index (χ2n) is 4.88. The summed E-state index contributed by atoms with van der Waals surface area (Å²) >= 11 is 3.32. The molecule has 2 aromatic carbocycles. The smallest absolute Gasteiger partial charge is 0.251 e. The summed E-state index contributed by atoms with van der Waals surface area (Å²) in [6.45, 7) is 0.250. The van der Waals surface area contributed by atoms with Crippen LogP contribution in [0.15, 0.2) is 63.6 Å². The van der Waals surface area contributed by atoms with Gasteiger partial charge in [0.1, 0.15) is 11.5 Å². The van der Waals surface area contributed by atoms with Gasteiger partial charge >= 0.3 is 0 Å². The van der Waals surface area contributed by atoms with Crippen LogP contribution in [-0.4, -0.2) is 11.1 Å². The van der Waals surface area contributed by atoms with Gasteiger partial charge in [-0.2, -0.15) is 0 Å². The molecule has 3 rings (SSSR count). The highest BCUT2D eigenvalue weighted by molar-refractivity contribution is 9.10. The monoisotopic (exact) mass is 374 g/mol. The fraction of sp³-hybridized carbons (Fsp3) is 0.0588. The summed E-state index contributed by atoms with van der Waals surface area (Å²) in [6, 6.07) is 14.7. The van der Waals surface area contributed by atoms with Crippen molar-refractivity contribution >= 4 is 21.8 Å². The Bertz CT molecular complexity index is 813. The Morgan fingerprint density at radius 3 is 2.52 bits per heavy atom. The summed E-state index contributed by atoms with van der Waals surface area (Å²) in [6.07, 6.45) is 0. The minimum absolute atomic E-state index is 0.191. The molecule has 0 bridgehead atoms. The number of nitrogens with zero attached hydrogens (tertiary/aromatic N) is 1. The molecule has 1 heterocycles. The minimum atomic E-state index is -0.310. The number of nitrogens with one attached hydrogen (secondary N) is 1. The molecular weight excluding hydrogens is 363 g/mol. The van der Waals surface area contributed by atoms with Gasteiger partial charge in [0.15, 0.2) is 5.76 Å². The number of carbonyl (C=O) groups excluding carboxylic acids is 1. The van der Waals surface area contributed by atoms with Crippen molar-refractivity contribution < 1.29 is 13.7 Å². The van der Waals surface area contributed by atoms with E-state index in [9.17, 15) is 9.18 Å². The predicted molar refractivity (Wildman–Crippen MR) is 87.2 cm³/mol. The Kier molecular flexibility index (Phi) is 4.52. The van der Waals surface area contributed by atoms with Crippen molar-refractivity contribution in [3.8, 4) is 11.3 Å². The first-order chi connectivity index (χ1) is 11.1. The molecular formula is C17H12BrFN2O2. The van der Waals surface area contributed by atoms with Crippen LogP contribution in [0.25, 0.3) is 11.3 Å². The van der Waals surface area contributed by atoms with E-state index in [1.165, 1.54) is 12.1 Å². The van der Waals surface area contributed by atoms with Crippen molar-refractivity contribution in [2.75, 3.05) is 0 Å². The fourth-order valence-corrected chi connectivity index (χ4v) is 2.28. The van der Waals surface area contributed by atoms with Crippen LogP contribution < -0.4 is 5.32 Å². The molecule has 0 fully saturated rings. The third kappa shape index (κ3) is 3.84. The van der Waals surface area contributed by atoms with E-state index in [1.54, 1.807) is 42.5 Å². The van der Waals surface area contributed by atoms with Crippen LogP contribution in [0.4, 0.5) is 4.39 Å². The van der Waals surface area contributed by atoms with E-state index in [0.29, 0.717) is 17.0 Å². The summed E-state index contributed by atoms with van der Waals surface area (Å²) in [5, 5.41) is 6.68. The first-order valence-corrected chi connectivity index (χ1v) is 7.66. The Labute approximate surface area is 140 Å². The molecule has 1 amide bonds. The molecule has 23 heavy (non-hydrogen) atoms. The molecule has 4 nitrogen and oxygen atoms in total. The zero-order valence-corrected chi connectivity index (χ0v) is 13.5. The number of carbonyl (C=O) groups is 1. The average Bonchev–Trinajstić information content (AvgIpc) is 3.03. The Hall–Kier alpha value is -2.47. The largest absolute Gasteiger partial charge is 0.356 e. The highest BCUT2D eigenvalue weighted by Crippen LogP contribution is 2.20. The van der Waals surface area contributed by atoms with Crippen molar-refractivity contribution in [1.82, 2.24) is 10.5 Å². The van der Waals surface area contributed by atoms with Gasteiger partial charge in [-0.25, -0.2) is 4.39 Å². The van der Waals surface area contributed by atoms with Crippen LogP contribution in [0.2, 0.25) is 0 Å². The molecule has 0 radical (unpaired) electrons. The number of rotatable bonds is 4. The highest BCUT2D eigenvalue weighted by atomic mass is 79.9. The number of hydrogen-bond donors (Lipinski definition) is 1. The summed E-state index contributed by atoms with van der Waals surface area (Å²) < 4.78 is 19.0. The SMILES string of the molecule is O=C(NCc1cc(-c2ccc(F)cc2)on1)c1ccc(Br)cc1. The summed E-state index contributed by atoms with van der Waals surface area (Å²) in [7, 11) is 0. The third-order valence-corrected chi connectivity index (χ3v) is 3.75. The molecule has 0 saturated carbocycles. The number of amides is 1. The van der Waals surface area contributed by atoms with E-state index in [2.05, 4.69) is 26.4 Å². The standard InChI is InChI=1S/C17H12BrFN2O2/c18-13-5-1-12(2-6-13)17(22)20-10-15-9-16(23-21-15)11-3-7-14(19)8-4-11/h1-9H,10H2,(H,20,22). The number of hydrogen-bond acceptors (Lipinski definition) is 3. The maximum absolute atomic E-state index is 12.9. The van der Waals surface area contributed by atoms with Crippen LogP contribution >= 0.6 is 15.9 Å². The lowest BCUT2D eigenvalue weighted by Crippen LogP contribution is -2.22. The van der Waals surface area contributed by atoms with E-state index in [0.717, 1.165) is 10.0 Å². The normalized spacial score (nSPS) is 10.5. The lowest BCUT2D eigenvalue weighted by molar-refractivity contribution is 0.0950. The molecule has 3 aromatic rings. The fourth-order valence-electron chi connectivity index (χ4n) is 2.02. The summed E-state index contributed by atoms with van der Waals surface area (Å²) in [5.74, 6) is 0.0250. The van der Waals surface area contributed by atoms with Crippen LogP contribution in [0.1, 0.15) is 16.1 Å². The second-order valence-corrected chi connectivity index (χ2v) is 5.79. The van der Waals surface area contributed by atoms with Crippen molar-refractivity contribution in [3.63, 3.8) is 0 Å². The summed E-state index contributed by atoms with van der Waals surface area (Å²) in [4.78, 5) is 12.0. The maximum atomic E-state index is 12.9. The van der Waals surface area contributed by atoms with E-state index in [4.69, 9.17) is 4.52 Å². The second kappa shape index (κ2) is 6.75. The van der Waals surface area contributed by atoms with Gasteiger partial charge in [-0.1, -0.05) is 21.1 Å². The first kappa shape index (κ1) is 15.4. The summed E-state index contributed by atoms with van der Waals surface area (Å²) in [5.41, 5.74) is 1.88. The Morgan fingerprint density at radius 2 is 1.83 bits per heavy atom. The topological polar surface area (TPSA) is 55.1 Å². The van der Waals surface area contributed by atoms with Gasteiger partial charge in [0.05, 0.1) is 6.54 Å². The zero-order chi connectivity index (χ0) is 16.2. The zero-order valence-electron chi connectivity index (χ0n) is 11.9. The molecule has 0 aliphatic rings. The quantitative estimate of drug-likeness (QED) is 0.745. The van der Waals surface area contributed by atoms with Gasteiger partial charge in [-0.3, -0.25) is 4.79 Å². The molecule has 0 aliphatic carbocycles. The van der Waals surface area contributed by atoms with Crippen LogP contribution in [0, 0.1) is 5.82 Å². The Morgan fingerprint density at radius 1 is 1.13 bits per heavy atom. The molecule has 0 saturated heterocycles. The Balaban J connectivity index is 1.64. The van der Waals surface area contributed by atoms with Crippen LogP contribution in [0.3, 0.4) is 0 Å². The molecule has 0 unspecified atom stereocenters. The first-order valence-electron chi connectivity index (χ1n) is 6.87. The van der Waals surface area contributed by atoms with Gasteiger partial charge in [-0.15, -0.1) is 0 Å². The van der Waals surface area contributed by atoms with E-state index >= 15 is 0 Å². The van der Waals surface area contributed by atoms with Crippen molar-refractivity contribution in [1.29, 1.82) is 0 Å². The molecule has 6 heteroatoms. The molecule has 1 N–H and O–H groups in total. The number of aromatic nitrogens is 1. The molecule has 0 atom stereocenters. The number of halogens is 2. The van der Waals surface area contributed by atoms with Crippen LogP contribution in [-0.2, 0) is 6.54 Å². The van der Waals surface area contributed by atoms with Gasteiger partial charge in [-0.05, 0) is 48.5 Å². The predicted octanol–water partition coefficient (Wildman–Crippen LogP) is 4.17. The molecule has 0 aliphatic heterocycles. The third-order valence-electron chi connectivity index (χ3n) is 3.22. The minimum Gasteiger partial charge on any atom is -0.356 e. The van der Waals surface area contributed by atoms with E-state index in [1.807, 2.05) is 0 Å². The highest BCUT2D eigenvalue weighted by Gasteiger charge is 2.09. The maximum Gasteiger partial charge on any atom is 0.251 e. The van der Waals surface area contributed by atoms with E-state index in [-0.39, 0.29) is 18.3 Å². The average molecular weight is 375 g/mol. The van der Waals surface area contributed by atoms with E-state index < -0.39 is 0 Å².